The number of halogens is 1. The second-order valence-electron chi connectivity index (χ2n) is 8.25. The molecule has 0 aliphatic carbocycles. The fourth-order valence-electron chi connectivity index (χ4n) is 3.76. The average molecular weight is 593 g/mol. The first-order valence-electron chi connectivity index (χ1n) is 11.9. The van der Waals surface area contributed by atoms with Gasteiger partial charge in [-0.25, -0.2) is 0 Å². The van der Waals surface area contributed by atoms with Gasteiger partial charge in [0.25, 0.3) is 5.91 Å². The molecule has 198 valence electrons. The van der Waals surface area contributed by atoms with Crippen molar-refractivity contribution >= 4 is 51.0 Å². The second-order valence-corrected chi connectivity index (χ2v) is 9.56. The predicted molar refractivity (Wildman–Crippen MR) is 145 cm³/mol. The molecule has 0 spiro atoms. The summed E-state index contributed by atoms with van der Waals surface area (Å²) in [5.41, 5.74) is 1.43. The maximum atomic E-state index is 13.1. The number of nitrogens with one attached hydrogen (secondary N) is 2. The van der Waals surface area contributed by atoms with E-state index < -0.39 is 17.9 Å². The Balaban J connectivity index is 1.57. The van der Waals surface area contributed by atoms with Crippen molar-refractivity contribution < 1.29 is 28.6 Å². The van der Waals surface area contributed by atoms with Gasteiger partial charge in [-0.2, -0.15) is 0 Å². The van der Waals surface area contributed by atoms with Crippen LogP contribution in [0.5, 0.6) is 5.75 Å². The number of esters is 1. The van der Waals surface area contributed by atoms with Crippen LogP contribution in [0.25, 0.3) is 0 Å². The van der Waals surface area contributed by atoms with Crippen LogP contribution in [0, 0.1) is 0 Å². The van der Waals surface area contributed by atoms with E-state index in [9.17, 15) is 14.4 Å². The van der Waals surface area contributed by atoms with Crippen LogP contribution in [0.2, 0.25) is 0 Å². The number of hydrogen-bond acceptors (Lipinski definition) is 7. The van der Waals surface area contributed by atoms with Crippen LogP contribution in [0.1, 0.15) is 28.8 Å². The molecule has 1 heterocycles. The summed E-state index contributed by atoms with van der Waals surface area (Å²) in [6.07, 6.45) is 1.27. The summed E-state index contributed by atoms with van der Waals surface area (Å²) in [6.45, 7) is 1.55. The van der Waals surface area contributed by atoms with Gasteiger partial charge in [-0.1, -0.05) is 46.3 Å². The molecular formula is C26H30BrN3O6S. The fourth-order valence-corrected chi connectivity index (χ4v) is 4.43. The minimum atomic E-state index is -0.886. The monoisotopic (exact) mass is 591 g/mol. The quantitative estimate of drug-likeness (QED) is 0.233. The SMILES string of the molecule is COCCOc1ccc(Br)cc1C(=O)NC(=S)N1CCNC(=O)C1CC(=O)OCCCc1ccccc1. The van der Waals surface area contributed by atoms with Crippen LogP contribution in [0.4, 0.5) is 0 Å². The lowest BCUT2D eigenvalue weighted by molar-refractivity contribution is -0.147. The number of rotatable bonds is 11. The first-order chi connectivity index (χ1) is 17.9. The number of thiocarbonyl (C=S) groups is 1. The van der Waals surface area contributed by atoms with Crippen molar-refractivity contribution in [2.24, 2.45) is 0 Å². The lowest BCUT2D eigenvalue weighted by Crippen LogP contribution is -2.60. The van der Waals surface area contributed by atoms with E-state index in [1.165, 1.54) is 0 Å². The van der Waals surface area contributed by atoms with E-state index in [1.54, 1.807) is 30.2 Å². The molecule has 1 aliphatic heterocycles. The van der Waals surface area contributed by atoms with Crippen molar-refractivity contribution in [3.05, 3.63) is 64.1 Å². The lowest BCUT2D eigenvalue weighted by atomic mass is 10.1. The zero-order valence-corrected chi connectivity index (χ0v) is 22.9. The molecule has 0 radical (unpaired) electrons. The van der Waals surface area contributed by atoms with E-state index in [4.69, 9.17) is 26.4 Å². The Morgan fingerprint density at radius 1 is 1.16 bits per heavy atom. The number of benzene rings is 2. The number of carbonyl (C=O) groups is 3. The highest BCUT2D eigenvalue weighted by atomic mass is 79.9. The molecule has 1 unspecified atom stereocenters. The number of aryl methyl sites for hydroxylation is 1. The van der Waals surface area contributed by atoms with E-state index in [2.05, 4.69) is 26.6 Å². The third-order valence-corrected chi connectivity index (χ3v) is 6.45. The third-order valence-electron chi connectivity index (χ3n) is 5.62. The van der Waals surface area contributed by atoms with Crippen LogP contribution in [-0.2, 0) is 25.5 Å². The Morgan fingerprint density at radius 3 is 2.70 bits per heavy atom. The zero-order chi connectivity index (χ0) is 26.6. The molecular weight excluding hydrogens is 562 g/mol. The number of ether oxygens (including phenoxy) is 3. The number of amides is 2. The summed E-state index contributed by atoms with van der Waals surface area (Å²) < 4.78 is 16.7. The number of carbonyl (C=O) groups excluding carboxylic acids is 3. The smallest absolute Gasteiger partial charge is 0.308 e. The molecule has 2 aromatic carbocycles. The molecule has 1 aliphatic rings. The average Bonchev–Trinajstić information content (AvgIpc) is 2.89. The Kier molecular flexibility index (Phi) is 11.3. The Morgan fingerprint density at radius 2 is 1.95 bits per heavy atom. The van der Waals surface area contributed by atoms with Crippen molar-refractivity contribution in [1.82, 2.24) is 15.5 Å². The first kappa shape index (κ1) is 28.5. The van der Waals surface area contributed by atoms with Gasteiger partial charge in [0.2, 0.25) is 5.91 Å². The van der Waals surface area contributed by atoms with Crippen molar-refractivity contribution in [2.75, 3.05) is 40.0 Å². The molecule has 11 heteroatoms. The minimum Gasteiger partial charge on any atom is -0.490 e. The zero-order valence-electron chi connectivity index (χ0n) is 20.5. The summed E-state index contributed by atoms with van der Waals surface area (Å²) in [7, 11) is 1.56. The Hall–Kier alpha value is -3.02. The molecule has 2 N–H and O–H groups in total. The highest BCUT2D eigenvalue weighted by Gasteiger charge is 2.34. The summed E-state index contributed by atoms with van der Waals surface area (Å²) in [5.74, 6) is -0.982. The Labute approximate surface area is 230 Å². The summed E-state index contributed by atoms with van der Waals surface area (Å²) in [4.78, 5) is 39.7. The number of methoxy groups -OCH3 is 1. The molecule has 0 bridgehead atoms. The van der Waals surface area contributed by atoms with E-state index in [0.29, 0.717) is 36.3 Å². The van der Waals surface area contributed by atoms with Gasteiger partial charge in [-0.15, -0.1) is 0 Å². The molecule has 0 aromatic heterocycles. The van der Waals surface area contributed by atoms with Crippen LogP contribution in [0.15, 0.2) is 53.0 Å². The van der Waals surface area contributed by atoms with Crippen molar-refractivity contribution in [3.8, 4) is 5.75 Å². The van der Waals surface area contributed by atoms with E-state index in [1.807, 2.05) is 30.3 Å². The number of hydrogen-bond donors (Lipinski definition) is 2. The standard InChI is InChI=1S/C26H30BrN3O6S/c1-34-14-15-35-22-10-9-19(27)16-20(22)24(32)29-26(37)30-12-11-28-25(33)21(30)17-23(31)36-13-5-8-18-6-3-2-4-7-18/h2-4,6-7,9-10,16,21H,5,8,11-15,17H2,1H3,(H,28,33)(H,29,32,37). The van der Waals surface area contributed by atoms with Gasteiger partial charge in [0.15, 0.2) is 5.11 Å². The minimum absolute atomic E-state index is 0.0459. The van der Waals surface area contributed by atoms with Gasteiger partial charge in [-0.3, -0.25) is 19.7 Å². The van der Waals surface area contributed by atoms with E-state index in [-0.39, 0.29) is 36.2 Å². The van der Waals surface area contributed by atoms with Gasteiger partial charge < -0.3 is 24.4 Å². The second kappa shape index (κ2) is 14.7. The van der Waals surface area contributed by atoms with Crippen LogP contribution >= 0.6 is 28.1 Å². The normalized spacial score (nSPS) is 15.0. The van der Waals surface area contributed by atoms with E-state index >= 15 is 0 Å². The van der Waals surface area contributed by atoms with Gasteiger partial charge in [0, 0.05) is 24.7 Å². The number of nitrogens with zero attached hydrogens (tertiary/aromatic N) is 1. The largest absolute Gasteiger partial charge is 0.490 e. The fraction of sp³-hybridized carbons (Fsp3) is 0.385. The highest BCUT2D eigenvalue weighted by Crippen LogP contribution is 2.23. The summed E-state index contributed by atoms with van der Waals surface area (Å²) in [6, 6.07) is 14.1. The molecule has 2 aromatic rings. The van der Waals surface area contributed by atoms with Gasteiger partial charge in [0.05, 0.1) is 25.2 Å². The maximum absolute atomic E-state index is 13.1. The summed E-state index contributed by atoms with van der Waals surface area (Å²) in [5, 5.41) is 5.46. The molecule has 9 nitrogen and oxygen atoms in total. The van der Waals surface area contributed by atoms with Crippen molar-refractivity contribution in [1.29, 1.82) is 0 Å². The Bertz CT molecular complexity index is 1100. The van der Waals surface area contributed by atoms with Gasteiger partial charge >= 0.3 is 5.97 Å². The third kappa shape index (κ3) is 8.80. The van der Waals surface area contributed by atoms with Crippen LogP contribution in [-0.4, -0.2) is 73.9 Å². The molecule has 0 saturated carbocycles. The molecule has 3 rings (SSSR count). The highest BCUT2D eigenvalue weighted by molar-refractivity contribution is 9.10. The van der Waals surface area contributed by atoms with Gasteiger partial charge in [0.1, 0.15) is 18.4 Å². The van der Waals surface area contributed by atoms with Crippen molar-refractivity contribution in [3.63, 3.8) is 0 Å². The summed E-state index contributed by atoms with van der Waals surface area (Å²) >= 11 is 8.83. The predicted octanol–water partition coefficient (Wildman–Crippen LogP) is 2.86. The van der Waals surface area contributed by atoms with Gasteiger partial charge in [-0.05, 0) is 48.8 Å². The molecule has 1 saturated heterocycles. The van der Waals surface area contributed by atoms with E-state index in [0.717, 1.165) is 12.0 Å². The first-order valence-corrected chi connectivity index (χ1v) is 13.1. The topological polar surface area (TPSA) is 106 Å². The molecule has 37 heavy (non-hydrogen) atoms. The number of piperazine rings is 1. The van der Waals surface area contributed by atoms with Crippen molar-refractivity contribution in [2.45, 2.75) is 25.3 Å². The molecule has 1 atom stereocenters. The van der Waals surface area contributed by atoms with Crippen LogP contribution < -0.4 is 15.4 Å². The lowest BCUT2D eigenvalue weighted by Gasteiger charge is -2.36. The maximum Gasteiger partial charge on any atom is 0.308 e. The molecule has 2 amide bonds. The molecule has 1 fully saturated rings. The van der Waals surface area contributed by atoms with Crippen LogP contribution in [0.3, 0.4) is 0 Å².